The summed E-state index contributed by atoms with van der Waals surface area (Å²) in [5.41, 5.74) is 19.0. The van der Waals surface area contributed by atoms with Gasteiger partial charge in [-0.05, 0) is 17.5 Å². The van der Waals surface area contributed by atoms with Gasteiger partial charge in [-0.1, -0.05) is 48.5 Å². The van der Waals surface area contributed by atoms with Gasteiger partial charge in [0, 0.05) is 24.1 Å². The summed E-state index contributed by atoms with van der Waals surface area (Å²) >= 11 is 0. The van der Waals surface area contributed by atoms with Crippen molar-refractivity contribution in [3.05, 3.63) is 82.2 Å². The number of hydrogen-bond donors (Lipinski definition) is 7. The van der Waals surface area contributed by atoms with Crippen molar-refractivity contribution in [3.63, 3.8) is 0 Å². The van der Waals surface area contributed by atoms with Gasteiger partial charge in [-0.25, -0.2) is 14.8 Å². The lowest BCUT2D eigenvalue weighted by atomic mass is 10.0. The van der Waals surface area contributed by atoms with Gasteiger partial charge in [-0.15, -0.1) is 0 Å². The predicted octanol–water partition coefficient (Wildman–Crippen LogP) is 1.75. The fourth-order valence-electron chi connectivity index (χ4n) is 3.14. The number of ketones is 1. The number of nitrogens with one attached hydrogen (secondary N) is 3. The van der Waals surface area contributed by atoms with E-state index in [4.69, 9.17) is 28.0 Å². The van der Waals surface area contributed by atoms with Crippen molar-refractivity contribution in [1.82, 2.24) is 9.97 Å². The molecule has 10 N–H and O–H groups in total. The van der Waals surface area contributed by atoms with E-state index in [1.165, 1.54) is 0 Å². The van der Waals surface area contributed by atoms with Crippen molar-refractivity contribution in [2.24, 2.45) is 11.5 Å². The van der Waals surface area contributed by atoms with Crippen LogP contribution in [0.4, 0.5) is 11.6 Å². The minimum atomic E-state index is -1.34. The second kappa shape index (κ2) is 10.2. The number of benzene rings is 2. The molecule has 3 aromatic rings. The lowest BCUT2D eigenvalue weighted by molar-refractivity contribution is 0.0690. The van der Waals surface area contributed by atoms with E-state index in [1.807, 2.05) is 0 Å². The molecule has 0 atom stereocenters. The summed E-state index contributed by atoms with van der Waals surface area (Å²) in [7, 11) is 0. The van der Waals surface area contributed by atoms with Crippen molar-refractivity contribution in [1.29, 1.82) is 10.8 Å². The molecular weight excluding hydrogens is 436 g/mol. The number of carbonyl (C=O) groups is 2. The first kappa shape index (κ1) is 23.9. The van der Waals surface area contributed by atoms with Crippen LogP contribution < -0.4 is 22.5 Å². The molecule has 0 unspecified atom stereocenters. The van der Waals surface area contributed by atoms with Gasteiger partial charge in [-0.3, -0.25) is 15.6 Å². The topological polar surface area (TPSA) is 218 Å². The summed E-state index contributed by atoms with van der Waals surface area (Å²) in [4.78, 5) is 32.5. The Kier molecular flexibility index (Phi) is 7.16. The molecule has 174 valence electrons. The quantitative estimate of drug-likeness (QED) is 0.133. The molecule has 34 heavy (non-hydrogen) atoms. The van der Waals surface area contributed by atoms with E-state index in [0.717, 1.165) is 11.1 Å². The maximum atomic E-state index is 12.8. The van der Waals surface area contributed by atoms with Crippen LogP contribution in [0.3, 0.4) is 0 Å². The van der Waals surface area contributed by atoms with E-state index in [2.05, 4.69) is 15.3 Å². The number of amidine groups is 2. The molecule has 0 radical (unpaired) electrons. The van der Waals surface area contributed by atoms with Gasteiger partial charge >= 0.3 is 5.97 Å². The van der Waals surface area contributed by atoms with Crippen LogP contribution in [0.5, 0.6) is 0 Å². The van der Waals surface area contributed by atoms with Gasteiger partial charge in [0.25, 0.3) is 0 Å². The summed E-state index contributed by atoms with van der Waals surface area (Å²) in [5.74, 6) is -2.16. The monoisotopic (exact) mass is 460 g/mol. The van der Waals surface area contributed by atoms with Crippen molar-refractivity contribution in [3.8, 4) is 0 Å². The van der Waals surface area contributed by atoms with Crippen LogP contribution in [-0.4, -0.2) is 38.5 Å². The number of aromatic carboxylic acids is 1. The molecule has 1 aromatic heterocycles. The fourth-order valence-corrected chi connectivity index (χ4v) is 3.14. The van der Waals surface area contributed by atoms with Gasteiger partial charge in [0.2, 0.25) is 0 Å². The molecule has 11 heteroatoms. The maximum Gasteiger partial charge on any atom is 0.358 e. The number of aryl methyl sites for hydroxylation is 1. The van der Waals surface area contributed by atoms with Gasteiger partial charge < -0.3 is 27.6 Å². The zero-order chi connectivity index (χ0) is 24.8. The normalized spacial score (nSPS) is 10.5. The maximum absolute atomic E-state index is 12.8. The first-order valence-corrected chi connectivity index (χ1v) is 10.2. The van der Waals surface area contributed by atoms with E-state index in [0.29, 0.717) is 17.5 Å². The highest BCUT2D eigenvalue weighted by Crippen LogP contribution is 2.19. The Balaban J connectivity index is 1.76. The van der Waals surface area contributed by atoms with E-state index >= 15 is 0 Å². The molecule has 3 rings (SSSR count). The number of aromatic nitrogens is 2. The molecule has 0 aliphatic carbocycles. The zero-order valence-corrected chi connectivity index (χ0v) is 18.1. The molecule has 2 aromatic carbocycles. The number of carbonyl (C=O) groups excluding carboxylic acids is 1. The average molecular weight is 460 g/mol. The zero-order valence-electron chi connectivity index (χ0n) is 18.1. The van der Waals surface area contributed by atoms with Crippen LogP contribution in [0.2, 0.25) is 0 Å². The molecule has 0 aliphatic rings. The number of nitrogens with two attached hydrogens (primary N) is 3. The Hall–Kier alpha value is -4.80. The first-order chi connectivity index (χ1) is 16.2. The first-order valence-electron chi connectivity index (χ1n) is 10.2. The molecular formula is C23H24N8O3. The van der Waals surface area contributed by atoms with Crippen LogP contribution in [-0.2, 0) is 13.0 Å². The van der Waals surface area contributed by atoms with Gasteiger partial charge in [0.1, 0.15) is 11.7 Å². The Bertz CT molecular complexity index is 1250. The van der Waals surface area contributed by atoms with Gasteiger partial charge in [0.15, 0.2) is 28.8 Å². The van der Waals surface area contributed by atoms with Crippen LogP contribution >= 0.6 is 0 Å². The lowest BCUT2D eigenvalue weighted by Crippen LogP contribution is -2.17. The molecule has 0 saturated carbocycles. The number of rotatable bonds is 10. The van der Waals surface area contributed by atoms with Crippen molar-refractivity contribution in [2.75, 3.05) is 11.1 Å². The fraction of sp³-hybridized carbons (Fsp3) is 0.130. The van der Waals surface area contributed by atoms with Crippen molar-refractivity contribution in [2.45, 2.75) is 19.4 Å². The second-order valence-corrected chi connectivity index (χ2v) is 7.46. The molecule has 11 nitrogen and oxygen atoms in total. The van der Waals surface area contributed by atoms with E-state index in [1.54, 1.807) is 48.5 Å². The van der Waals surface area contributed by atoms with Crippen LogP contribution in [0.25, 0.3) is 0 Å². The summed E-state index contributed by atoms with van der Waals surface area (Å²) in [6.45, 7) is 0.202. The Morgan fingerprint density at radius 3 is 1.88 bits per heavy atom. The number of nitrogens with zero attached hydrogens (tertiary/aromatic N) is 2. The second-order valence-electron chi connectivity index (χ2n) is 7.46. The molecule has 0 amide bonds. The lowest BCUT2D eigenvalue weighted by Gasteiger charge is -2.12. The van der Waals surface area contributed by atoms with Crippen LogP contribution in [0.15, 0.2) is 48.5 Å². The van der Waals surface area contributed by atoms with Gasteiger partial charge in [-0.2, -0.15) is 0 Å². The Morgan fingerprint density at radius 2 is 1.38 bits per heavy atom. The van der Waals surface area contributed by atoms with E-state index in [-0.39, 0.29) is 47.7 Å². The molecule has 0 fully saturated rings. The van der Waals surface area contributed by atoms with E-state index in [9.17, 15) is 14.7 Å². The summed E-state index contributed by atoms with van der Waals surface area (Å²) in [6, 6.07) is 13.8. The molecule has 0 aliphatic heterocycles. The molecule has 0 saturated heterocycles. The third kappa shape index (κ3) is 5.71. The highest BCUT2D eigenvalue weighted by Gasteiger charge is 2.21. The third-order valence-electron chi connectivity index (χ3n) is 5.02. The SMILES string of the molecule is N=C(N)c1ccc(CCC(=O)c2nc(NCc3ccc(C(=N)N)cc3)c(C(=O)O)nc2N)cc1. The number of nitrogen functional groups attached to an aromatic ring is 3. The van der Waals surface area contributed by atoms with E-state index < -0.39 is 11.7 Å². The predicted molar refractivity (Wildman–Crippen MR) is 128 cm³/mol. The highest BCUT2D eigenvalue weighted by molar-refractivity contribution is 6.00. The number of anilines is 2. The largest absolute Gasteiger partial charge is 0.476 e. The van der Waals surface area contributed by atoms with Crippen LogP contribution in [0, 0.1) is 10.8 Å². The highest BCUT2D eigenvalue weighted by atomic mass is 16.4. The van der Waals surface area contributed by atoms with Crippen molar-refractivity contribution >= 4 is 35.1 Å². The summed E-state index contributed by atoms with van der Waals surface area (Å²) < 4.78 is 0. The minimum Gasteiger partial charge on any atom is -0.476 e. The summed E-state index contributed by atoms with van der Waals surface area (Å²) in [5, 5.41) is 27.2. The Morgan fingerprint density at radius 1 is 0.853 bits per heavy atom. The molecule has 0 bridgehead atoms. The number of Topliss-reactive ketones (excluding diaryl/α,β-unsaturated/α-hetero) is 1. The molecule has 1 heterocycles. The third-order valence-corrected chi connectivity index (χ3v) is 5.02. The minimum absolute atomic E-state index is 0.0426. The number of carboxylic acid groups (broad SMARTS) is 1. The Labute approximate surface area is 195 Å². The standard InChI is InChI=1S/C23H24N8O3/c24-19(25)14-6-1-12(2-7-14)5-10-16(32)17-21(28)30-18(23(33)34)22(31-17)29-11-13-3-8-15(9-4-13)20(26)27/h1-4,6-9H,5,10-11H2,(H3,24,25)(H3,26,27)(H2,28,30)(H,29,31)(H,33,34). The number of carboxylic acids is 1. The average Bonchev–Trinajstić information content (AvgIpc) is 2.81. The smallest absolute Gasteiger partial charge is 0.358 e. The number of hydrogen-bond acceptors (Lipinski definition) is 8. The van der Waals surface area contributed by atoms with Gasteiger partial charge in [0.05, 0.1) is 0 Å². The summed E-state index contributed by atoms with van der Waals surface area (Å²) in [6.07, 6.45) is 0.473. The van der Waals surface area contributed by atoms with Crippen molar-refractivity contribution < 1.29 is 14.7 Å². The molecule has 0 spiro atoms. The van der Waals surface area contributed by atoms with Crippen LogP contribution in [0.1, 0.15) is 49.7 Å².